The van der Waals surface area contributed by atoms with E-state index in [1.165, 1.54) is 0 Å². The predicted octanol–water partition coefficient (Wildman–Crippen LogP) is 2.68. The fourth-order valence-electron chi connectivity index (χ4n) is 2.06. The second-order valence-corrected chi connectivity index (χ2v) is 23.2. The molecule has 1 unspecified atom stereocenters. The maximum Gasteiger partial charge on any atom is 0.309 e. The van der Waals surface area contributed by atoms with Crippen LogP contribution in [-0.4, -0.2) is 49.3 Å². The van der Waals surface area contributed by atoms with Crippen molar-refractivity contribution in [3.8, 4) is 0 Å². The van der Waals surface area contributed by atoms with E-state index in [0.717, 1.165) is 12.8 Å². The zero-order valence-electron chi connectivity index (χ0n) is 17.0. The van der Waals surface area contributed by atoms with E-state index in [-0.39, 0.29) is 12.0 Å². The van der Waals surface area contributed by atoms with Crippen molar-refractivity contribution in [2.45, 2.75) is 77.8 Å². The topological polar surface area (TPSA) is 88.7 Å². The molecule has 0 aromatic rings. The van der Waals surface area contributed by atoms with E-state index < -0.39 is 24.8 Å². The molecule has 0 spiro atoms. The summed E-state index contributed by atoms with van der Waals surface area (Å²) < 4.78 is 5.68. The third-order valence-corrected chi connectivity index (χ3v) is 5.77. The van der Waals surface area contributed by atoms with E-state index in [1.54, 1.807) is 0 Å². The molecule has 0 rings (SSSR count). The Balaban J connectivity index is 4.62. The van der Waals surface area contributed by atoms with Gasteiger partial charge in [0.25, 0.3) is 0 Å². The Labute approximate surface area is 151 Å². The number of guanidine groups is 1. The summed E-state index contributed by atoms with van der Waals surface area (Å²) in [7, 11) is -4.91. The number of hydrogen-bond acceptors (Lipinski definition) is 4. The summed E-state index contributed by atoms with van der Waals surface area (Å²) in [5, 5.41) is 0. The lowest BCUT2D eigenvalue weighted by atomic mass is 10.2. The van der Waals surface area contributed by atoms with E-state index in [1.807, 2.05) is 19.6 Å². The molecule has 0 bridgehead atoms. The van der Waals surface area contributed by atoms with Gasteiger partial charge in [-0.2, -0.15) is 0 Å². The predicted molar refractivity (Wildman–Crippen MR) is 112 cm³/mol. The van der Waals surface area contributed by atoms with E-state index >= 15 is 0 Å². The highest BCUT2D eigenvalue weighted by Crippen LogP contribution is 2.10. The Bertz CT molecular complexity index is 437. The number of rotatable bonds is 9. The monoisotopic (exact) mass is 390 g/mol. The second-order valence-electron chi connectivity index (χ2n) is 9.26. The fourth-order valence-corrected chi connectivity index (χ4v) is 4.96. The minimum absolute atomic E-state index is 0.117. The molecule has 0 aromatic heterocycles. The molecule has 0 saturated heterocycles. The molecular formula is C15H38N4O2Si3. The fraction of sp³-hybridized carbons (Fsp3) is 0.867. The number of nitrogens with zero attached hydrogens (tertiary/aromatic N) is 1. The van der Waals surface area contributed by atoms with E-state index in [9.17, 15) is 4.79 Å². The zero-order chi connectivity index (χ0) is 19.2. The largest absolute Gasteiger partial charge is 0.519 e. The van der Waals surface area contributed by atoms with Crippen LogP contribution in [0.15, 0.2) is 4.99 Å². The van der Waals surface area contributed by atoms with Gasteiger partial charge in [-0.15, -0.1) is 0 Å². The molecule has 0 heterocycles. The Hall–Kier alpha value is -0.649. The van der Waals surface area contributed by atoms with Crippen LogP contribution >= 0.6 is 0 Å². The first-order valence-corrected chi connectivity index (χ1v) is 19.1. The first-order valence-electron chi connectivity index (χ1n) is 8.68. The highest BCUT2D eigenvalue weighted by atomic mass is 28.4. The van der Waals surface area contributed by atoms with Crippen LogP contribution in [0.25, 0.3) is 0 Å². The van der Waals surface area contributed by atoms with Crippen molar-refractivity contribution in [1.82, 2.24) is 9.96 Å². The van der Waals surface area contributed by atoms with Crippen molar-refractivity contribution in [3.05, 3.63) is 0 Å². The average Bonchev–Trinajstić information content (AvgIpc) is 2.26. The van der Waals surface area contributed by atoms with Crippen molar-refractivity contribution >= 4 is 36.7 Å². The minimum atomic E-state index is -1.88. The van der Waals surface area contributed by atoms with Crippen LogP contribution in [-0.2, 0) is 9.22 Å². The zero-order valence-corrected chi connectivity index (χ0v) is 20.0. The lowest BCUT2D eigenvalue weighted by molar-refractivity contribution is -0.137. The van der Waals surface area contributed by atoms with Gasteiger partial charge in [0.2, 0.25) is 8.32 Å². The van der Waals surface area contributed by atoms with Gasteiger partial charge in [-0.3, -0.25) is 9.79 Å². The average molecular weight is 391 g/mol. The maximum absolute atomic E-state index is 12.5. The van der Waals surface area contributed by atoms with Gasteiger partial charge in [-0.25, -0.2) is 0 Å². The van der Waals surface area contributed by atoms with Crippen LogP contribution in [0.3, 0.4) is 0 Å². The number of carbonyl (C=O) groups excluding carboxylic acids is 1. The lowest BCUT2D eigenvalue weighted by Crippen LogP contribution is -2.53. The van der Waals surface area contributed by atoms with Crippen LogP contribution in [0.5, 0.6) is 0 Å². The van der Waals surface area contributed by atoms with Gasteiger partial charge in [0, 0.05) is 6.54 Å². The van der Waals surface area contributed by atoms with E-state index in [4.69, 9.17) is 10.2 Å². The summed E-state index contributed by atoms with van der Waals surface area (Å²) in [6.45, 7) is 19.8. The summed E-state index contributed by atoms with van der Waals surface area (Å²) in [4.78, 5) is 23.6. The Morgan fingerprint density at radius 2 is 1.58 bits per heavy atom. The van der Waals surface area contributed by atoms with Crippen molar-refractivity contribution in [1.29, 1.82) is 0 Å². The van der Waals surface area contributed by atoms with Gasteiger partial charge < -0.3 is 20.1 Å². The molecule has 1 atom stereocenters. The van der Waals surface area contributed by atoms with Crippen LogP contribution in [0.2, 0.25) is 58.9 Å². The summed E-state index contributed by atoms with van der Waals surface area (Å²) >= 11 is 0. The number of nitrogens with two attached hydrogens (primary N) is 1. The molecular weight excluding hydrogens is 352 g/mol. The van der Waals surface area contributed by atoms with Crippen molar-refractivity contribution < 1.29 is 9.22 Å². The van der Waals surface area contributed by atoms with Crippen LogP contribution in [0, 0.1) is 0 Å². The van der Waals surface area contributed by atoms with E-state index in [0.29, 0.717) is 12.5 Å². The molecule has 0 radical (unpaired) electrons. The van der Waals surface area contributed by atoms with Gasteiger partial charge in [0.15, 0.2) is 5.96 Å². The van der Waals surface area contributed by atoms with Gasteiger partial charge >= 0.3 is 5.97 Å². The summed E-state index contributed by atoms with van der Waals surface area (Å²) in [5.41, 5.74) is 5.90. The molecule has 142 valence electrons. The van der Waals surface area contributed by atoms with Crippen molar-refractivity contribution in [2.75, 3.05) is 6.54 Å². The Kier molecular flexibility index (Phi) is 8.91. The molecule has 0 amide bonds. The highest BCUT2D eigenvalue weighted by molar-refractivity contribution is 6.75. The number of carbonyl (C=O) groups is 1. The van der Waals surface area contributed by atoms with Crippen LogP contribution < -0.4 is 15.7 Å². The molecule has 9 heteroatoms. The van der Waals surface area contributed by atoms with Crippen molar-refractivity contribution in [3.63, 3.8) is 0 Å². The number of nitrogens with one attached hydrogen (secondary N) is 2. The molecule has 0 aliphatic rings. The minimum Gasteiger partial charge on any atom is -0.519 e. The van der Waals surface area contributed by atoms with Crippen LogP contribution in [0.4, 0.5) is 0 Å². The second kappa shape index (κ2) is 9.16. The summed E-state index contributed by atoms with van der Waals surface area (Å²) in [5.74, 6) is 0.391. The SMILES string of the molecule is C[Si](C)(C)NC(N)=NCCCC(N[Si](C)(C)C)C(=O)O[Si](C)(C)C. The molecule has 0 fully saturated rings. The Morgan fingerprint density at radius 3 is 2.00 bits per heavy atom. The molecule has 4 N–H and O–H groups in total. The van der Waals surface area contributed by atoms with E-state index in [2.05, 4.69) is 54.2 Å². The third kappa shape index (κ3) is 13.8. The van der Waals surface area contributed by atoms with Gasteiger partial charge in [-0.1, -0.05) is 39.3 Å². The number of hydrogen-bond donors (Lipinski definition) is 3. The van der Waals surface area contributed by atoms with Crippen molar-refractivity contribution in [2.24, 2.45) is 10.7 Å². The van der Waals surface area contributed by atoms with Gasteiger partial charge in [0.05, 0.1) is 6.04 Å². The molecule has 24 heavy (non-hydrogen) atoms. The number of aliphatic imine (C=N–C) groups is 1. The Morgan fingerprint density at radius 1 is 1.04 bits per heavy atom. The van der Waals surface area contributed by atoms with Gasteiger partial charge in [-0.05, 0) is 32.5 Å². The highest BCUT2D eigenvalue weighted by Gasteiger charge is 2.29. The first-order chi connectivity index (χ1) is 10.6. The normalized spacial score (nSPS) is 15.1. The molecule has 0 aliphatic heterocycles. The lowest BCUT2D eigenvalue weighted by Gasteiger charge is -2.28. The maximum atomic E-state index is 12.5. The standard InChI is InChI=1S/C15H38N4O2Si3/c1-22(2,3)18-13(14(20)21-24(7,8)9)11-10-12-17-15(16)19-23(4,5)6/h13,18H,10-12H2,1-9H3,(H3,16,17,19). The smallest absolute Gasteiger partial charge is 0.309 e. The molecule has 0 aliphatic carbocycles. The first kappa shape index (κ1) is 23.4. The summed E-state index contributed by atoms with van der Waals surface area (Å²) in [6.07, 6.45) is 1.52. The summed E-state index contributed by atoms with van der Waals surface area (Å²) in [6, 6.07) is -0.246. The van der Waals surface area contributed by atoms with Gasteiger partial charge in [0.1, 0.15) is 16.5 Å². The molecule has 6 nitrogen and oxygen atoms in total. The molecule has 0 saturated carbocycles. The third-order valence-electron chi connectivity index (χ3n) is 2.73. The molecule has 0 aromatic carbocycles. The quantitative estimate of drug-likeness (QED) is 0.244. The van der Waals surface area contributed by atoms with Crippen LogP contribution in [0.1, 0.15) is 12.8 Å².